The van der Waals surface area contributed by atoms with Crippen LogP contribution in [0.4, 0.5) is 5.13 Å². The fourth-order valence-corrected chi connectivity index (χ4v) is 2.42. The summed E-state index contributed by atoms with van der Waals surface area (Å²) in [5.74, 6) is 1.55. The Balaban J connectivity index is 2.11. The average molecular weight is 225 g/mol. The number of rotatable bonds is 2. The molecule has 1 aromatic rings. The van der Waals surface area contributed by atoms with Gasteiger partial charge in [0, 0.05) is 30.4 Å². The summed E-state index contributed by atoms with van der Waals surface area (Å²) in [6, 6.07) is 0. The highest BCUT2D eigenvalue weighted by atomic mass is 32.1. The van der Waals surface area contributed by atoms with Crippen LogP contribution < -0.4 is 4.90 Å². The quantitative estimate of drug-likeness (QED) is 0.770. The molecule has 5 heteroatoms. The van der Waals surface area contributed by atoms with Crippen LogP contribution in [0.2, 0.25) is 0 Å². The number of piperidine rings is 1. The first-order valence-electron chi connectivity index (χ1n) is 5.27. The van der Waals surface area contributed by atoms with Crippen molar-refractivity contribution in [1.82, 2.24) is 9.36 Å². The molecule has 1 fully saturated rings. The molecule has 0 aromatic carbocycles. The van der Waals surface area contributed by atoms with Gasteiger partial charge in [0.15, 0.2) is 5.78 Å². The van der Waals surface area contributed by atoms with E-state index in [1.807, 2.05) is 4.90 Å². The van der Waals surface area contributed by atoms with Crippen molar-refractivity contribution < 1.29 is 4.79 Å². The van der Waals surface area contributed by atoms with Crippen LogP contribution in [0.3, 0.4) is 0 Å². The van der Waals surface area contributed by atoms with E-state index in [9.17, 15) is 4.79 Å². The van der Waals surface area contributed by atoms with Gasteiger partial charge in [-0.2, -0.15) is 4.37 Å². The molecule has 1 aliphatic heterocycles. The monoisotopic (exact) mass is 225 g/mol. The van der Waals surface area contributed by atoms with Gasteiger partial charge in [0.05, 0.1) is 6.54 Å². The molecule has 2 heterocycles. The van der Waals surface area contributed by atoms with Crippen LogP contribution in [0.15, 0.2) is 0 Å². The highest BCUT2D eigenvalue weighted by Gasteiger charge is 2.20. The number of ketones is 1. The Hall–Kier alpha value is -0.970. The predicted molar refractivity (Wildman–Crippen MR) is 60.5 cm³/mol. The van der Waals surface area contributed by atoms with Gasteiger partial charge in [-0.1, -0.05) is 13.8 Å². The molecule has 1 aliphatic rings. The highest BCUT2D eigenvalue weighted by molar-refractivity contribution is 7.09. The van der Waals surface area contributed by atoms with Crippen molar-refractivity contribution in [2.24, 2.45) is 0 Å². The van der Waals surface area contributed by atoms with Crippen LogP contribution in [0.25, 0.3) is 0 Å². The van der Waals surface area contributed by atoms with Crippen molar-refractivity contribution in [1.29, 1.82) is 0 Å². The van der Waals surface area contributed by atoms with Gasteiger partial charge in [0.2, 0.25) is 5.13 Å². The molecule has 0 saturated carbocycles. The summed E-state index contributed by atoms with van der Waals surface area (Å²) in [6.07, 6.45) is 1.65. The molecular weight excluding hydrogens is 210 g/mol. The van der Waals surface area contributed by atoms with Crippen molar-refractivity contribution >= 4 is 22.4 Å². The number of nitrogens with zero attached hydrogens (tertiary/aromatic N) is 3. The van der Waals surface area contributed by atoms with E-state index in [2.05, 4.69) is 23.2 Å². The fourth-order valence-electron chi connectivity index (χ4n) is 1.59. The molecule has 2 rings (SSSR count). The largest absolute Gasteiger partial charge is 0.340 e. The maximum atomic E-state index is 11.3. The molecule has 15 heavy (non-hydrogen) atoms. The summed E-state index contributed by atoms with van der Waals surface area (Å²) < 4.78 is 4.29. The smallest absolute Gasteiger partial charge is 0.205 e. The normalized spacial score (nSPS) is 17.5. The molecule has 0 unspecified atom stereocenters. The van der Waals surface area contributed by atoms with Crippen molar-refractivity contribution in [3.8, 4) is 0 Å². The van der Waals surface area contributed by atoms with Crippen LogP contribution in [0.1, 0.15) is 38.4 Å². The van der Waals surface area contributed by atoms with E-state index < -0.39 is 0 Å². The molecule has 0 aliphatic carbocycles. The van der Waals surface area contributed by atoms with Crippen molar-refractivity contribution in [2.45, 2.75) is 32.6 Å². The van der Waals surface area contributed by atoms with Crippen LogP contribution in [-0.4, -0.2) is 28.2 Å². The van der Waals surface area contributed by atoms with Gasteiger partial charge in [-0.15, -0.1) is 0 Å². The van der Waals surface area contributed by atoms with Crippen molar-refractivity contribution in [2.75, 3.05) is 18.0 Å². The number of carbonyl (C=O) groups excluding carboxylic acids is 1. The summed E-state index contributed by atoms with van der Waals surface area (Å²) in [5, 5.41) is 0.895. The second kappa shape index (κ2) is 4.26. The van der Waals surface area contributed by atoms with Gasteiger partial charge in [0.1, 0.15) is 5.82 Å². The van der Waals surface area contributed by atoms with Gasteiger partial charge in [-0.05, 0) is 6.42 Å². The zero-order valence-electron chi connectivity index (χ0n) is 9.06. The molecule has 0 amide bonds. The lowest BCUT2D eigenvalue weighted by molar-refractivity contribution is -0.118. The number of hydrogen-bond donors (Lipinski definition) is 0. The molecule has 0 radical (unpaired) electrons. The van der Waals surface area contributed by atoms with Crippen LogP contribution >= 0.6 is 11.5 Å². The van der Waals surface area contributed by atoms with Gasteiger partial charge >= 0.3 is 0 Å². The zero-order valence-corrected chi connectivity index (χ0v) is 9.88. The van der Waals surface area contributed by atoms with E-state index in [4.69, 9.17) is 0 Å². The summed E-state index contributed by atoms with van der Waals surface area (Å²) >= 11 is 1.40. The second-order valence-corrected chi connectivity index (χ2v) is 4.88. The van der Waals surface area contributed by atoms with Crippen LogP contribution in [0, 0.1) is 0 Å². The SMILES string of the molecule is CC(C)c1nsc(N2CCCC(=O)C2)n1. The van der Waals surface area contributed by atoms with Gasteiger partial charge < -0.3 is 4.90 Å². The number of carbonyl (C=O) groups is 1. The molecule has 1 aromatic heterocycles. The Labute approximate surface area is 93.5 Å². The predicted octanol–water partition coefficient (Wildman–Crippen LogP) is 1.83. The third kappa shape index (κ3) is 2.34. The molecule has 4 nitrogen and oxygen atoms in total. The first-order valence-corrected chi connectivity index (χ1v) is 6.04. The van der Waals surface area contributed by atoms with E-state index in [1.54, 1.807) is 0 Å². The van der Waals surface area contributed by atoms with Crippen LogP contribution in [0.5, 0.6) is 0 Å². The number of aromatic nitrogens is 2. The van der Waals surface area contributed by atoms with E-state index in [1.165, 1.54) is 11.5 Å². The Morgan fingerprint density at radius 2 is 2.27 bits per heavy atom. The summed E-state index contributed by atoms with van der Waals surface area (Å²) in [5.41, 5.74) is 0. The summed E-state index contributed by atoms with van der Waals surface area (Å²) in [4.78, 5) is 17.8. The lowest BCUT2D eigenvalue weighted by atomic mass is 10.1. The first-order chi connectivity index (χ1) is 7.16. The summed E-state index contributed by atoms with van der Waals surface area (Å²) in [7, 11) is 0. The van der Waals surface area contributed by atoms with E-state index >= 15 is 0 Å². The van der Waals surface area contributed by atoms with E-state index in [0.29, 0.717) is 24.7 Å². The molecule has 0 bridgehead atoms. The maximum absolute atomic E-state index is 11.3. The Morgan fingerprint density at radius 3 is 2.87 bits per heavy atom. The minimum Gasteiger partial charge on any atom is -0.340 e. The van der Waals surface area contributed by atoms with E-state index in [0.717, 1.165) is 23.9 Å². The lowest BCUT2D eigenvalue weighted by Gasteiger charge is -2.24. The summed E-state index contributed by atoms with van der Waals surface area (Å²) in [6.45, 7) is 5.59. The Morgan fingerprint density at radius 1 is 1.47 bits per heavy atom. The van der Waals surface area contributed by atoms with Crippen molar-refractivity contribution in [3.63, 3.8) is 0 Å². The number of Topliss-reactive ketones (excluding diaryl/α,β-unsaturated/α-hetero) is 1. The van der Waals surface area contributed by atoms with Crippen molar-refractivity contribution in [3.05, 3.63) is 5.82 Å². The van der Waals surface area contributed by atoms with Gasteiger partial charge in [-0.25, -0.2) is 4.98 Å². The molecule has 0 spiro atoms. The van der Waals surface area contributed by atoms with Crippen LogP contribution in [-0.2, 0) is 4.79 Å². The zero-order chi connectivity index (χ0) is 10.8. The molecular formula is C10H15N3OS. The number of hydrogen-bond acceptors (Lipinski definition) is 5. The topological polar surface area (TPSA) is 46.1 Å². The lowest BCUT2D eigenvalue weighted by Crippen LogP contribution is -2.35. The third-order valence-corrected chi connectivity index (χ3v) is 3.26. The number of anilines is 1. The fraction of sp³-hybridized carbons (Fsp3) is 0.700. The molecule has 0 atom stereocenters. The average Bonchev–Trinajstić information content (AvgIpc) is 2.66. The minimum atomic E-state index is 0.308. The first kappa shape index (κ1) is 10.5. The second-order valence-electron chi connectivity index (χ2n) is 4.15. The van der Waals surface area contributed by atoms with Gasteiger partial charge in [-0.3, -0.25) is 4.79 Å². The minimum absolute atomic E-state index is 0.308. The molecule has 0 N–H and O–H groups in total. The Bertz CT molecular complexity index is 361. The van der Waals surface area contributed by atoms with Gasteiger partial charge in [0.25, 0.3) is 0 Å². The third-order valence-electron chi connectivity index (χ3n) is 2.47. The highest BCUT2D eigenvalue weighted by Crippen LogP contribution is 2.23. The standard InChI is InChI=1S/C10H15N3OS/c1-7(2)9-11-10(15-12-9)13-5-3-4-8(14)6-13/h7H,3-6H2,1-2H3. The maximum Gasteiger partial charge on any atom is 0.205 e. The Kier molecular flexibility index (Phi) is 3.00. The molecule has 1 saturated heterocycles. The molecule has 82 valence electrons. The van der Waals surface area contributed by atoms with E-state index in [-0.39, 0.29) is 0 Å².